The van der Waals surface area contributed by atoms with Crippen molar-refractivity contribution in [2.45, 2.75) is 0 Å². The van der Waals surface area contributed by atoms with E-state index in [1.807, 2.05) is 0 Å². The highest BCUT2D eigenvalue weighted by Crippen LogP contribution is 2.20. The lowest BCUT2D eigenvalue weighted by molar-refractivity contribution is -0.576. The number of carbonyl (C=O) groups is 1. The van der Waals surface area contributed by atoms with E-state index in [1.54, 1.807) is 30.3 Å². The number of rotatable bonds is 3. The molecule has 1 amide bonds. The van der Waals surface area contributed by atoms with Crippen LogP contribution in [0, 0.1) is 15.3 Å². The summed E-state index contributed by atoms with van der Waals surface area (Å²) in [5.41, 5.74) is 0.900. The van der Waals surface area contributed by atoms with Gasteiger partial charge in [-0.1, -0.05) is 6.07 Å². The van der Waals surface area contributed by atoms with Gasteiger partial charge in [-0.15, -0.1) is 0 Å². The van der Waals surface area contributed by atoms with Crippen molar-refractivity contribution in [1.82, 2.24) is 0 Å². The van der Waals surface area contributed by atoms with Crippen molar-refractivity contribution in [3.8, 4) is 0 Å². The zero-order chi connectivity index (χ0) is 16.4. The molecule has 0 unspecified atom stereocenters. The number of nitrogens with one attached hydrogen (secondary N) is 1. The van der Waals surface area contributed by atoms with Gasteiger partial charge in [-0.2, -0.15) is 4.73 Å². The van der Waals surface area contributed by atoms with Crippen molar-refractivity contribution in [3.63, 3.8) is 0 Å². The molecule has 3 aromatic rings. The molecule has 7 nitrogen and oxygen atoms in total. The van der Waals surface area contributed by atoms with Crippen LogP contribution in [0.1, 0.15) is 10.4 Å². The van der Waals surface area contributed by atoms with E-state index in [4.69, 9.17) is 0 Å². The molecule has 0 aliphatic carbocycles. The average molecular weight is 309 g/mol. The monoisotopic (exact) mass is 309 g/mol. The highest BCUT2D eigenvalue weighted by atomic mass is 16.6. The Morgan fingerprint density at radius 1 is 1.04 bits per heavy atom. The maximum Gasteiger partial charge on any atom is 0.269 e. The van der Waals surface area contributed by atoms with E-state index in [0.29, 0.717) is 21.3 Å². The zero-order valence-corrected chi connectivity index (χ0v) is 11.8. The second-order valence-electron chi connectivity index (χ2n) is 4.84. The quantitative estimate of drug-likeness (QED) is 0.348. The first-order chi connectivity index (χ1) is 11.1. The second kappa shape index (κ2) is 5.72. The van der Waals surface area contributed by atoms with Gasteiger partial charge in [-0.3, -0.25) is 14.9 Å². The molecule has 0 fully saturated rings. The van der Waals surface area contributed by atoms with Crippen LogP contribution in [-0.4, -0.2) is 10.8 Å². The zero-order valence-electron chi connectivity index (χ0n) is 11.8. The molecule has 0 saturated carbocycles. The summed E-state index contributed by atoms with van der Waals surface area (Å²) in [6.45, 7) is 0. The van der Waals surface area contributed by atoms with Gasteiger partial charge in [-0.05, 0) is 30.3 Å². The summed E-state index contributed by atoms with van der Waals surface area (Å²) in [4.78, 5) is 22.3. The summed E-state index contributed by atoms with van der Waals surface area (Å²) < 4.78 is 0.681. The Morgan fingerprint density at radius 2 is 1.74 bits per heavy atom. The Morgan fingerprint density at radius 3 is 2.43 bits per heavy atom. The van der Waals surface area contributed by atoms with Crippen LogP contribution in [0.5, 0.6) is 0 Å². The smallest absolute Gasteiger partial charge is 0.269 e. The topological polar surface area (TPSA) is 99.2 Å². The van der Waals surface area contributed by atoms with Crippen LogP contribution >= 0.6 is 0 Å². The fourth-order valence-electron chi connectivity index (χ4n) is 2.27. The van der Waals surface area contributed by atoms with Crippen LogP contribution in [0.2, 0.25) is 0 Å². The van der Waals surface area contributed by atoms with Crippen molar-refractivity contribution >= 4 is 28.2 Å². The van der Waals surface area contributed by atoms with Crippen molar-refractivity contribution in [3.05, 3.63) is 81.7 Å². The van der Waals surface area contributed by atoms with Gasteiger partial charge in [0.15, 0.2) is 6.20 Å². The minimum Gasteiger partial charge on any atom is -0.618 e. The summed E-state index contributed by atoms with van der Waals surface area (Å²) in [6, 6.07) is 13.8. The molecule has 0 radical (unpaired) electrons. The molecule has 7 heteroatoms. The summed E-state index contributed by atoms with van der Waals surface area (Å²) in [5, 5.41) is 25.9. The minimum atomic E-state index is -0.535. The predicted octanol–water partition coefficient (Wildman–Crippen LogP) is 2.63. The number of amides is 1. The molecule has 114 valence electrons. The van der Waals surface area contributed by atoms with Gasteiger partial charge in [0.1, 0.15) is 5.69 Å². The number of non-ortho nitro benzene ring substituents is 1. The maximum atomic E-state index is 12.3. The molecule has 1 heterocycles. The second-order valence-corrected chi connectivity index (χ2v) is 4.84. The molecular weight excluding hydrogens is 298 g/mol. The summed E-state index contributed by atoms with van der Waals surface area (Å²) in [5.74, 6) is -0.448. The molecule has 1 N–H and O–H groups in total. The summed E-state index contributed by atoms with van der Waals surface area (Å²) >= 11 is 0. The number of aromatic nitrogens is 1. The largest absolute Gasteiger partial charge is 0.618 e. The van der Waals surface area contributed by atoms with E-state index < -0.39 is 10.8 Å². The molecule has 0 spiro atoms. The van der Waals surface area contributed by atoms with Gasteiger partial charge in [0, 0.05) is 29.1 Å². The highest BCUT2D eigenvalue weighted by molar-refractivity contribution is 6.07. The molecule has 1 aromatic heterocycles. The Balaban J connectivity index is 1.93. The van der Waals surface area contributed by atoms with Crippen LogP contribution in [0.3, 0.4) is 0 Å². The minimum absolute atomic E-state index is 0.0934. The van der Waals surface area contributed by atoms with Crippen LogP contribution in [-0.2, 0) is 0 Å². The average Bonchev–Trinajstić information content (AvgIpc) is 2.55. The first kappa shape index (κ1) is 14.5. The van der Waals surface area contributed by atoms with Gasteiger partial charge in [0.05, 0.1) is 4.92 Å². The molecule has 0 aliphatic heterocycles. The van der Waals surface area contributed by atoms with Crippen molar-refractivity contribution in [2.24, 2.45) is 0 Å². The van der Waals surface area contributed by atoms with E-state index in [0.717, 1.165) is 0 Å². The number of pyridine rings is 1. The van der Waals surface area contributed by atoms with Gasteiger partial charge >= 0.3 is 0 Å². The summed E-state index contributed by atoms with van der Waals surface area (Å²) in [6.07, 6.45) is 1.35. The highest BCUT2D eigenvalue weighted by Gasteiger charge is 2.14. The van der Waals surface area contributed by atoms with E-state index in [9.17, 15) is 20.1 Å². The fraction of sp³-hybridized carbons (Fsp3) is 0. The third kappa shape index (κ3) is 2.80. The number of benzene rings is 2. The maximum absolute atomic E-state index is 12.3. The Hall–Kier alpha value is -3.48. The molecule has 0 saturated heterocycles. The van der Waals surface area contributed by atoms with Crippen LogP contribution < -0.4 is 10.0 Å². The fourth-order valence-corrected chi connectivity index (χ4v) is 2.27. The molecular formula is C16H11N3O4. The SMILES string of the molecule is O=C(Nc1cccc2ccc[n+]([O-])c12)c1ccc([N+](=O)[O-])cc1. The first-order valence-electron chi connectivity index (χ1n) is 6.73. The number of hydrogen-bond donors (Lipinski definition) is 1. The molecule has 3 rings (SSSR count). The third-order valence-electron chi connectivity index (χ3n) is 3.37. The van der Waals surface area contributed by atoms with Gasteiger partial charge in [0.25, 0.3) is 11.6 Å². The number of anilines is 1. The van der Waals surface area contributed by atoms with Crippen molar-refractivity contribution in [1.29, 1.82) is 0 Å². The molecule has 0 aliphatic rings. The Labute approximate surface area is 130 Å². The number of nitro benzene ring substituents is 1. The van der Waals surface area contributed by atoms with Crippen molar-refractivity contribution < 1.29 is 14.4 Å². The molecule has 0 atom stereocenters. The lowest BCUT2D eigenvalue weighted by atomic mass is 10.1. The first-order valence-corrected chi connectivity index (χ1v) is 6.73. The molecule has 0 bridgehead atoms. The van der Waals surface area contributed by atoms with Gasteiger partial charge in [-0.25, -0.2) is 0 Å². The Bertz CT molecular complexity index is 902. The number of carbonyl (C=O) groups excluding carboxylic acids is 1. The number of nitrogens with zero attached hydrogens (tertiary/aromatic N) is 2. The molecule has 2 aromatic carbocycles. The lowest BCUT2D eigenvalue weighted by Crippen LogP contribution is -2.27. The number of para-hydroxylation sites is 1. The standard InChI is InChI=1S/C16H11N3O4/c20-16(12-6-8-13(9-7-12)19(22)23)17-14-5-1-3-11-4-2-10-18(21)15(11)14/h1-10H,(H,17,20). The van der Waals surface area contributed by atoms with Crippen LogP contribution in [0.15, 0.2) is 60.8 Å². The molecule has 23 heavy (non-hydrogen) atoms. The lowest BCUT2D eigenvalue weighted by Gasteiger charge is -2.08. The van der Waals surface area contributed by atoms with E-state index >= 15 is 0 Å². The van der Waals surface area contributed by atoms with Crippen LogP contribution in [0.4, 0.5) is 11.4 Å². The number of nitro groups is 1. The normalized spacial score (nSPS) is 10.4. The van der Waals surface area contributed by atoms with Crippen LogP contribution in [0.25, 0.3) is 10.9 Å². The number of fused-ring (bicyclic) bond motifs is 1. The van der Waals surface area contributed by atoms with E-state index in [-0.39, 0.29) is 11.3 Å². The Kier molecular flexibility index (Phi) is 3.60. The predicted molar refractivity (Wildman–Crippen MR) is 84.0 cm³/mol. The van der Waals surface area contributed by atoms with Gasteiger partial charge < -0.3 is 10.5 Å². The number of hydrogen-bond acceptors (Lipinski definition) is 4. The van der Waals surface area contributed by atoms with E-state index in [1.165, 1.54) is 30.5 Å². The van der Waals surface area contributed by atoms with Gasteiger partial charge in [0.2, 0.25) is 5.52 Å². The van der Waals surface area contributed by atoms with Crippen molar-refractivity contribution in [2.75, 3.05) is 5.32 Å². The van der Waals surface area contributed by atoms with E-state index in [2.05, 4.69) is 5.32 Å². The third-order valence-corrected chi connectivity index (χ3v) is 3.37. The summed E-state index contributed by atoms with van der Waals surface area (Å²) in [7, 11) is 0.